The van der Waals surface area contributed by atoms with Gasteiger partial charge in [0.05, 0.1) is 12.7 Å². The molecule has 35 heavy (non-hydrogen) atoms. The van der Waals surface area contributed by atoms with Crippen LogP contribution in [0.4, 0.5) is 5.69 Å². The van der Waals surface area contributed by atoms with E-state index in [1.54, 1.807) is 24.3 Å². The molecular weight excluding hydrogens is 434 g/mol. The molecule has 0 radical (unpaired) electrons. The highest BCUT2D eigenvalue weighted by atomic mass is 16.5. The van der Waals surface area contributed by atoms with Crippen LogP contribution in [-0.2, 0) is 4.74 Å². The fourth-order valence-corrected chi connectivity index (χ4v) is 4.55. The van der Waals surface area contributed by atoms with E-state index in [0.717, 1.165) is 18.7 Å². The number of anilines is 1. The Morgan fingerprint density at radius 3 is 1.46 bits per heavy atom. The van der Waals surface area contributed by atoms with Gasteiger partial charge >= 0.3 is 0 Å². The van der Waals surface area contributed by atoms with Gasteiger partial charge in [-0.2, -0.15) is 0 Å². The quantitative estimate of drug-likeness (QED) is 0.0893. The predicted molar refractivity (Wildman–Crippen MR) is 151 cm³/mol. The van der Waals surface area contributed by atoms with Crippen LogP contribution in [-0.4, -0.2) is 36.1 Å². The van der Waals surface area contributed by atoms with Crippen LogP contribution in [0.25, 0.3) is 0 Å². The van der Waals surface area contributed by atoms with Crippen molar-refractivity contribution in [1.82, 2.24) is 0 Å². The van der Waals surface area contributed by atoms with E-state index in [-0.39, 0.29) is 5.75 Å². The third-order valence-corrected chi connectivity index (χ3v) is 6.86. The van der Waals surface area contributed by atoms with E-state index in [2.05, 4.69) is 12.2 Å². The highest BCUT2D eigenvalue weighted by Gasteiger charge is 2.04. The maximum atomic E-state index is 9.99. The van der Waals surface area contributed by atoms with Crippen LogP contribution in [0.2, 0.25) is 0 Å². The molecule has 0 spiro atoms. The standard InChI is InChI=1S/C31H57NO3/c1-2-3-4-5-6-7-8-9-10-11-12-13-14-15-16-17-18-19-20-21-26-35-28-31(34)27-32-29-22-24-30(33)25-23-29/h22-25,31-34H,2-21,26-28H2,1H3. The second kappa shape index (κ2) is 24.4. The molecule has 204 valence electrons. The third-order valence-electron chi connectivity index (χ3n) is 6.86. The number of hydrogen-bond donors (Lipinski definition) is 3. The van der Waals surface area contributed by atoms with Crippen LogP contribution < -0.4 is 5.32 Å². The Bertz CT molecular complexity index is 549. The van der Waals surface area contributed by atoms with Crippen molar-refractivity contribution < 1.29 is 14.9 Å². The Kier molecular flexibility index (Phi) is 22.2. The van der Waals surface area contributed by atoms with Crippen LogP contribution in [0, 0.1) is 0 Å². The number of nitrogens with one attached hydrogen (secondary N) is 1. The summed E-state index contributed by atoms with van der Waals surface area (Å²) in [5.41, 5.74) is 0.885. The molecule has 0 aliphatic heterocycles. The Labute approximate surface area is 217 Å². The van der Waals surface area contributed by atoms with Crippen molar-refractivity contribution in [1.29, 1.82) is 0 Å². The van der Waals surface area contributed by atoms with Gasteiger partial charge < -0.3 is 20.3 Å². The van der Waals surface area contributed by atoms with Crippen molar-refractivity contribution in [2.75, 3.05) is 25.1 Å². The van der Waals surface area contributed by atoms with Crippen molar-refractivity contribution in [3.05, 3.63) is 24.3 Å². The smallest absolute Gasteiger partial charge is 0.115 e. The molecule has 0 aliphatic rings. The van der Waals surface area contributed by atoms with Crippen molar-refractivity contribution in [2.45, 2.75) is 141 Å². The molecule has 0 aliphatic carbocycles. The summed E-state index contributed by atoms with van der Waals surface area (Å²) in [6.07, 6.45) is 27.3. The molecular formula is C31H57NO3. The first-order valence-corrected chi connectivity index (χ1v) is 15.0. The first-order valence-electron chi connectivity index (χ1n) is 15.0. The van der Waals surface area contributed by atoms with Gasteiger partial charge in [-0.25, -0.2) is 0 Å². The van der Waals surface area contributed by atoms with Gasteiger partial charge in [-0.3, -0.25) is 0 Å². The lowest BCUT2D eigenvalue weighted by Gasteiger charge is -2.13. The monoisotopic (exact) mass is 491 g/mol. The van der Waals surface area contributed by atoms with Crippen LogP contribution in [0.5, 0.6) is 5.75 Å². The molecule has 0 saturated heterocycles. The summed E-state index contributed by atoms with van der Waals surface area (Å²) in [7, 11) is 0. The molecule has 0 heterocycles. The van der Waals surface area contributed by atoms with Gasteiger partial charge in [-0.1, -0.05) is 129 Å². The van der Waals surface area contributed by atoms with E-state index >= 15 is 0 Å². The number of phenols is 1. The number of unbranched alkanes of at least 4 members (excludes halogenated alkanes) is 19. The largest absolute Gasteiger partial charge is 0.508 e. The molecule has 3 N–H and O–H groups in total. The van der Waals surface area contributed by atoms with Crippen molar-refractivity contribution in [2.24, 2.45) is 0 Å². The molecule has 0 saturated carbocycles. The lowest BCUT2D eigenvalue weighted by atomic mass is 10.0. The molecule has 0 bridgehead atoms. The lowest BCUT2D eigenvalue weighted by Crippen LogP contribution is -2.25. The molecule has 4 nitrogen and oxygen atoms in total. The zero-order valence-electron chi connectivity index (χ0n) is 23.0. The molecule has 1 aromatic carbocycles. The minimum absolute atomic E-state index is 0.245. The second-order valence-electron chi connectivity index (χ2n) is 10.4. The number of aromatic hydroxyl groups is 1. The van der Waals surface area contributed by atoms with E-state index in [4.69, 9.17) is 4.74 Å². The number of aliphatic hydroxyl groups is 1. The summed E-state index contributed by atoms with van der Waals surface area (Å²) < 4.78 is 5.61. The maximum absolute atomic E-state index is 9.99. The highest BCUT2D eigenvalue weighted by molar-refractivity contribution is 5.45. The minimum atomic E-state index is -0.520. The Hall–Kier alpha value is -1.26. The first kappa shape index (κ1) is 31.8. The van der Waals surface area contributed by atoms with Crippen LogP contribution in [0.3, 0.4) is 0 Å². The van der Waals surface area contributed by atoms with E-state index in [0.29, 0.717) is 13.2 Å². The number of aliphatic hydroxyl groups excluding tert-OH is 1. The number of ether oxygens (including phenoxy) is 1. The lowest BCUT2D eigenvalue weighted by molar-refractivity contribution is 0.0416. The fraction of sp³-hybridized carbons (Fsp3) is 0.806. The zero-order chi connectivity index (χ0) is 25.2. The summed E-state index contributed by atoms with van der Waals surface area (Å²) in [5, 5.41) is 22.4. The van der Waals surface area contributed by atoms with Gasteiger partial charge in [0.25, 0.3) is 0 Å². The number of hydrogen-bond acceptors (Lipinski definition) is 4. The molecule has 1 unspecified atom stereocenters. The number of benzene rings is 1. The van der Waals surface area contributed by atoms with Gasteiger partial charge in [0.2, 0.25) is 0 Å². The van der Waals surface area contributed by atoms with Crippen molar-refractivity contribution >= 4 is 5.69 Å². The van der Waals surface area contributed by atoms with E-state index in [1.165, 1.54) is 122 Å². The first-order chi connectivity index (χ1) is 17.2. The summed E-state index contributed by atoms with van der Waals surface area (Å²) in [5.74, 6) is 0.245. The molecule has 1 aromatic rings. The average Bonchev–Trinajstić information content (AvgIpc) is 2.86. The topological polar surface area (TPSA) is 61.7 Å². The summed E-state index contributed by atoms with van der Waals surface area (Å²) in [6.45, 7) is 3.84. The molecule has 0 fully saturated rings. The number of phenolic OH excluding ortho intramolecular Hbond substituents is 1. The molecule has 4 heteroatoms. The second-order valence-corrected chi connectivity index (χ2v) is 10.4. The van der Waals surface area contributed by atoms with E-state index in [1.807, 2.05) is 0 Å². The summed E-state index contributed by atoms with van der Waals surface area (Å²) >= 11 is 0. The van der Waals surface area contributed by atoms with E-state index < -0.39 is 6.10 Å². The SMILES string of the molecule is CCCCCCCCCCCCCCCCCCCCCCOCC(O)CNc1ccc(O)cc1. The minimum Gasteiger partial charge on any atom is -0.508 e. The Morgan fingerprint density at radius 2 is 1.03 bits per heavy atom. The Balaban J connectivity index is 1.71. The summed E-state index contributed by atoms with van der Waals surface area (Å²) in [6, 6.07) is 6.85. The zero-order valence-corrected chi connectivity index (χ0v) is 23.0. The molecule has 0 amide bonds. The average molecular weight is 492 g/mol. The maximum Gasteiger partial charge on any atom is 0.115 e. The molecule has 1 rings (SSSR count). The van der Waals surface area contributed by atoms with Crippen LogP contribution in [0.15, 0.2) is 24.3 Å². The highest BCUT2D eigenvalue weighted by Crippen LogP contribution is 2.15. The van der Waals surface area contributed by atoms with Gasteiger partial charge in [-0.15, -0.1) is 0 Å². The fourth-order valence-electron chi connectivity index (χ4n) is 4.55. The molecule has 0 aromatic heterocycles. The third kappa shape index (κ3) is 21.7. The Morgan fingerprint density at radius 1 is 0.629 bits per heavy atom. The van der Waals surface area contributed by atoms with Crippen LogP contribution in [0.1, 0.15) is 135 Å². The van der Waals surface area contributed by atoms with Crippen molar-refractivity contribution in [3.8, 4) is 5.75 Å². The van der Waals surface area contributed by atoms with Gasteiger partial charge in [-0.05, 0) is 30.7 Å². The van der Waals surface area contributed by atoms with E-state index in [9.17, 15) is 10.2 Å². The predicted octanol–water partition coefficient (Wildman–Crippen LogP) is 9.00. The van der Waals surface area contributed by atoms with Gasteiger partial charge in [0, 0.05) is 18.8 Å². The van der Waals surface area contributed by atoms with Crippen LogP contribution >= 0.6 is 0 Å². The molecule has 1 atom stereocenters. The van der Waals surface area contributed by atoms with Gasteiger partial charge in [0.15, 0.2) is 0 Å². The van der Waals surface area contributed by atoms with Crippen molar-refractivity contribution in [3.63, 3.8) is 0 Å². The number of rotatable bonds is 26. The summed E-state index contributed by atoms with van der Waals surface area (Å²) in [4.78, 5) is 0. The van der Waals surface area contributed by atoms with Gasteiger partial charge in [0.1, 0.15) is 5.75 Å². The normalized spacial score (nSPS) is 12.2.